The van der Waals surface area contributed by atoms with E-state index in [1.165, 1.54) is 33.0 Å². The van der Waals surface area contributed by atoms with Crippen LogP contribution in [-0.2, 0) is 10.0 Å². The molecular weight excluding hydrogens is 304 g/mol. The molecule has 22 heavy (non-hydrogen) atoms. The van der Waals surface area contributed by atoms with Crippen molar-refractivity contribution < 1.29 is 13.2 Å². The molecule has 2 heterocycles. The summed E-state index contributed by atoms with van der Waals surface area (Å²) in [7, 11) is -1.88. The van der Waals surface area contributed by atoms with Crippen molar-refractivity contribution in [1.82, 2.24) is 19.8 Å². The Hall–Kier alpha value is -0.860. The summed E-state index contributed by atoms with van der Waals surface area (Å²) in [5.74, 6) is -0.0838. The molecule has 0 unspecified atom stereocenters. The minimum atomic E-state index is -3.26. The maximum Gasteiger partial charge on any atom is 0.317 e. The highest BCUT2D eigenvalue weighted by molar-refractivity contribution is 7.89. The molecule has 128 valence electrons. The topological polar surface area (TPSA) is 81.8 Å². The minimum absolute atomic E-state index is 0.0838. The fraction of sp³-hybridized carbons (Fsp3) is 0.929. The maximum absolute atomic E-state index is 12.1. The van der Waals surface area contributed by atoms with Gasteiger partial charge in [-0.3, -0.25) is 0 Å². The molecule has 2 aliphatic rings. The summed E-state index contributed by atoms with van der Waals surface area (Å²) in [6.07, 6.45) is 5.77. The largest absolute Gasteiger partial charge is 0.337 e. The molecule has 8 heteroatoms. The highest BCUT2D eigenvalue weighted by atomic mass is 32.2. The lowest BCUT2D eigenvalue weighted by atomic mass is 10.1. The highest BCUT2D eigenvalue weighted by Crippen LogP contribution is 2.21. The van der Waals surface area contributed by atoms with E-state index in [0.717, 1.165) is 32.4 Å². The van der Waals surface area contributed by atoms with E-state index in [4.69, 9.17) is 0 Å². The second kappa shape index (κ2) is 8.12. The van der Waals surface area contributed by atoms with Crippen molar-refractivity contribution in [2.24, 2.45) is 0 Å². The Morgan fingerprint density at radius 1 is 1.09 bits per heavy atom. The van der Waals surface area contributed by atoms with Gasteiger partial charge >= 0.3 is 6.03 Å². The Kier molecular flexibility index (Phi) is 6.46. The molecule has 0 saturated carbocycles. The van der Waals surface area contributed by atoms with Crippen molar-refractivity contribution in [2.75, 3.05) is 45.5 Å². The Morgan fingerprint density at radius 2 is 1.82 bits per heavy atom. The number of amides is 2. The average Bonchev–Trinajstić information content (AvgIpc) is 2.91. The van der Waals surface area contributed by atoms with Gasteiger partial charge in [0.05, 0.1) is 5.75 Å². The first-order chi connectivity index (χ1) is 10.5. The van der Waals surface area contributed by atoms with E-state index >= 15 is 0 Å². The summed E-state index contributed by atoms with van der Waals surface area (Å²) in [4.78, 5) is 16.5. The zero-order valence-electron chi connectivity index (χ0n) is 13.4. The summed E-state index contributed by atoms with van der Waals surface area (Å²) < 4.78 is 24.9. The van der Waals surface area contributed by atoms with E-state index in [-0.39, 0.29) is 18.3 Å². The van der Waals surface area contributed by atoms with Crippen LogP contribution in [0.4, 0.5) is 4.79 Å². The summed E-state index contributed by atoms with van der Waals surface area (Å²) in [6, 6.07) is 0.457. The van der Waals surface area contributed by atoms with Gasteiger partial charge in [0, 0.05) is 25.7 Å². The van der Waals surface area contributed by atoms with Crippen LogP contribution in [0.3, 0.4) is 0 Å². The smallest absolute Gasteiger partial charge is 0.317 e. The van der Waals surface area contributed by atoms with E-state index in [2.05, 4.69) is 14.9 Å². The van der Waals surface area contributed by atoms with Crippen molar-refractivity contribution in [3.63, 3.8) is 0 Å². The molecule has 7 nitrogen and oxygen atoms in total. The van der Waals surface area contributed by atoms with Gasteiger partial charge in [-0.05, 0) is 52.2 Å². The molecule has 2 saturated heterocycles. The van der Waals surface area contributed by atoms with Crippen molar-refractivity contribution in [1.29, 1.82) is 0 Å². The lowest BCUT2D eigenvalue weighted by molar-refractivity contribution is 0.194. The molecule has 0 bridgehead atoms. The van der Waals surface area contributed by atoms with Crippen LogP contribution in [0, 0.1) is 0 Å². The predicted octanol–water partition coefficient (Wildman–Crippen LogP) is 0.196. The Morgan fingerprint density at radius 3 is 2.50 bits per heavy atom. The molecule has 0 spiro atoms. The van der Waals surface area contributed by atoms with E-state index in [1.807, 2.05) is 4.90 Å². The molecule has 2 N–H and O–H groups in total. The van der Waals surface area contributed by atoms with Gasteiger partial charge in [-0.1, -0.05) is 0 Å². The van der Waals surface area contributed by atoms with Crippen molar-refractivity contribution in [3.05, 3.63) is 0 Å². The molecular formula is C14H28N4O3S. The van der Waals surface area contributed by atoms with Crippen LogP contribution < -0.4 is 10.0 Å². The number of nitrogens with zero attached hydrogens (tertiary/aromatic N) is 2. The first kappa shape index (κ1) is 17.5. The van der Waals surface area contributed by atoms with Gasteiger partial charge in [0.2, 0.25) is 10.0 Å². The van der Waals surface area contributed by atoms with Gasteiger partial charge in [0.15, 0.2) is 0 Å². The molecule has 1 atom stereocenters. The summed E-state index contributed by atoms with van der Waals surface area (Å²) in [6.45, 7) is 4.05. The van der Waals surface area contributed by atoms with E-state index in [9.17, 15) is 13.2 Å². The van der Waals surface area contributed by atoms with Gasteiger partial charge in [-0.15, -0.1) is 0 Å². The molecule has 2 rings (SSSR count). The number of sulfonamides is 1. The predicted molar refractivity (Wildman–Crippen MR) is 86.3 cm³/mol. The van der Waals surface area contributed by atoms with Crippen LogP contribution >= 0.6 is 0 Å². The number of likely N-dealkylation sites (tertiary alicyclic amines) is 2. The monoisotopic (exact) mass is 332 g/mol. The molecule has 0 aromatic carbocycles. The van der Waals surface area contributed by atoms with Crippen LogP contribution in [0.1, 0.15) is 32.1 Å². The van der Waals surface area contributed by atoms with Gasteiger partial charge in [-0.2, -0.15) is 0 Å². The highest BCUT2D eigenvalue weighted by Gasteiger charge is 2.26. The first-order valence-electron chi connectivity index (χ1n) is 8.20. The fourth-order valence-corrected chi connectivity index (χ4v) is 3.83. The average molecular weight is 332 g/mol. The molecule has 0 radical (unpaired) electrons. The molecule has 2 aliphatic heterocycles. The minimum Gasteiger partial charge on any atom is -0.337 e. The van der Waals surface area contributed by atoms with Gasteiger partial charge in [0.1, 0.15) is 0 Å². The second-order valence-electron chi connectivity index (χ2n) is 6.07. The summed E-state index contributed by atoms with van der Waals surface area (Å²) in [5, 5.41) is 2.71. The second-order valence-corrected chi connectivity index (χ2v) is 8.12. The molecule has 0 aromatic rings. The lowest BCUT2D eigenvalue weighted by Gasteiger charge is -2.26. The van der Waals surface area contributed by atoms with Crippen molar-refractivity contribution >= 4 is 16.1 Å². The number of rotatable bonds is 5. The SMILES string of the molecule is CNS(=O)(=O)CCNC(=O)N1CCC[C@H](N2CCCC2)CC1. The van der Waals surface area contributed by atoms with Crippen molar-refractivity contribution in [3.8, 4) is 0 Å². The summed E-state index contributed by atoms with van der Waals surface area (Å²) >= 11 is 0. The van der Waals surface area contributed by atoms with E-state index in [1.54, 1.807) is 0 Å². The zero-order valence-corrected chi connectivity index (χ0v) is 14.2. The molecule has 0 aliphatic carbocycles. The third kappa shape index (κ3) is 5.10. The number of urea groups is 1. The number of nitrogens with one attached hydrogen (secondary N) is 2. The van der Waals surface area contributed by atoms with E-state index in [0.29, 0.717) is 6.04 Å². The number of hydrogen-bond donors (Lipinski definition) is 2. The number of carbonyl (C=O) groups excluding carboxylic acids is 1. The number of hydrogen-bond acceptors (Lipinski definition) is 4. The van der Waals surface area contributed by atoms with E-state index < -0.39 is 10.0 Å². The van der Waals surface area contributed by atoms with Crippen LogP contribution in [0.15, 0.2) is 0 Å². The fourth-order valence-electron chi connectivity index (χ4n) is 3.26. The van der Waals surface area contributed by atoms with Gasteiger partial charge in [-0.25, -0.2) is 17.9 Å². The zero-order chi connectivity index (χ0) is 16.0. The Labute approximate surface area is 133 Å². The van der Waals surface area contributed by atoms with Gasteiger partial charge < -0.3 is 15.1 Å². The maximum atomic E-state index is 12.1. The lowest BCUT2D eigenvalue weighted by Crippen LogP contribution is -2.43. The van der Waals surface area contributed by atoms with Crippen LogP contribution in [0.2, 0.25) is 0 Å². The van der Waals surface area contributed by atoms with Crippen LogP contribution in [0.25, 0.3) is 0 Å². The quantitative estimate of drug-likeness (QED) is 0.753. The molecule has 2 amide bonds. The van der Waals surface area contributed by atoms with Crippen LogP contribution in [0.5, 0.6) is 0 Å². The standard InChI is InChI=1S/C14H28N4O3S/c1-15-22(20,21)12-7-16-14(19)18-10-4-5-13(6-11-18)17-8-2-3-9-17/h13,15H,2-12H2,1H3,(H,16,19)/t13-/m0/s1. The summed E-state index contributed by atoms with van der Waals surface area (Å²) in [5.41, 5.74) is 0. The first-order valence-corrected chi connectivity index (χ1v) is 9.85. The third-order valence-corrected chi connectivity index (χ3v) is 5.96. The molecule has 0 aromatic heterocycles. The third-order valence-electron chi connectivity index (χ3n) is 4.60. The van der Waals surface area contributed by atoms with Gasteiger partial charge in [0.25, 0.3) is 0 Å². The Balaban J connectivity index is 1.74. The number of carbonyl (C=O) groups is 1. The molecule has 2 fully saturated rings. The Bertz CT molecular complexity index is 463. The van der Waals surface area contributed by atoms with Crippen molar-refractivity contribution in [2.45, 2.75) is 38.1 Å². The normalized spacial score (nSPS) is 24.2. The van der Waals surface area contributed by atoms with Crippen LogP contribution in [-0.4, -0.2) is 75.8 Å².